The number of benzene rings is 2. The average Bonchev–Trinajstić information content (AvgIpc) is 2.99. The zero-order valence-electron chi connectivity index (χ0n) is 16.0. The lowest BCUT2D eigenvalue weighted by Crippen LogP contribution is -2.34. The maximum absolute atomic E-state index is 12.7. The van der Waals surface area contributed by atoms with Gasteiger partial charge in [0.2, 0.25) is 0 Å². The highest BCUT2D eigenvalue weighted by Crippen LogP contribution is 2.34. The Morgan fingerprint density at radius 3 is 2.62 bits per heavy atom. The highest BCUT2D eigenvalue weighted by molar-refractivity contribution is 8.26. The monoisotopic (exact) mass is 427 g/mol. The van der Waals surface area contributed by atoms with Crippen molar-refractivity contribution in [1.29, 1.82) is 0 Å². The maximum atomic E-state index is 12.7. The molecular formula is C22H21NO4S2. The summed E-state index contributed by atoms with van der Waals surface area (Å²) in [6, 6.07) is 17.4. The van der Waals surface area contributed by atoms with Crippen LogP contribution in [-0.2, 0) is 20.9 Å². The Morgan fingerprint density at radius 2 is 1.86 bits per heavy atom. The summed E-state index contributed by atoms with van der Waals surface area (Å²) in [6.45, 7) is 2.49. The number of carbonyl (C=O) groups excluding carboxylic acids is 2. The lowest BCUT2D eigenvalue weighted by atomic mass is 10.1. The molecule has 0 aliphatic carbocycles. The molecule has 0 saturated carbocycles. The van der Waals surface area contributed by atoms with Crippen LogP contribution in [-0.4, -0.2) is 34.2 Å². The second-order valence-electron chi connectivity index (χ2n) is 6.30. The third kappa shape index (κ3) is 5.68. The molecular weight excluding hydrogens is 406 g/mol. The third-order valence-electron chi connectivity index (χ3n) is 4.07. The summed E-state index contributed by atoms with van der Waals surface area (Å²) in [4.78, 5) is 26.3. The quantitative estimate of drug-likeness (QED) is 0.353. The van der Waals surface area contributed by atoms with Gasteiger partial charge >= 0.3 is 5.97 Å². The standard InChI is InChI=1S/C22H21NO4S2/c1-2-12-26-20(24)14-23-21(25)19(29-22(23)28)13-17-10-6-7-11-18(17)27-15-16-8-4-3-5-9-16/h3-11,13H,2,12,14-15H2,1H3/b19-13+. The highest BCUT2D eigenvalue weighted by atomic mass is 32.2. The minimum atomic E-state index is -0.462. The molecule has 2 aromatic rings. The van der Waals surface area contributed by atoms with Crippen LogP contribution in [0.3, 0.4) is 0 Å². The number of para-hydroxylation sites is 1. The minimum absolute atomic E-state index is 0.172. The molecule has 0 unspecified atom stereocenters. The molecule has 2 aromatic carbocycles. The van der Waals surface area contributed by atoms with Crippen molar-refractivity contribution >= 4 is 46.3 Å². The topological polar surface area (TPSA) is 55.8 Å². The number of ether oxygens (including phenoxy) is 2. The van der Waals surface area contributed by atoms with E-state index in [4.69, 9.17) is 21.7 Å². The predicted molar refractivity (Wildman–Crippen MR) is 118 cm³/mol. The third-order valence-corrected chi connectivity index (χ3v) is 5.45. The van der Waals surface area contributed by atoms with Gasteiger partial charge < -0.3 is 9.47 Å². The van der Waals surface area contributed by atoms with Crippen molar-refractivity contribution < 1.29 is 19.1 Å². The first-order valence-electron chi connectivity index (χ1n) is 9.25. The SMILES string of the molecule is CCCOC(=O)CN1C(=O)/C(=C\c2ccccc2OCc2ccccc2)SC1=S. The van der Waals surface area contributed by atoms with E-state index in [9.17, 15) is 9.59 Å². The Labute approximate surface area is 179 Å². The van der Waals surface area contributed by atoms with E-state index in [0.29, 0.717) is 28.2 Å². The molecule has 150 valence electrons. The van der Waals surface area contributed by atoms with Gasteiger partial charge in [-0.3, -0.25) is 14.5 Å². The summed E-state index contributed by atoms with van der Waals surface area (Å²) in [5.41, 5.74) is 1.83. The van der Waals surface area contributed by atoms with Gasteiger partial charge in [-0.05, 0) is 24.1 Å². The van der Waals surface area contributed by atoms with Crippen molar-refractivity contribution in [2.24, 2.45) is 0 Å². The van der Waals surface area contributed by atoms with E-state index in [1.54, 1.807) is 6.08 Å². The number of hydrogen-bond donors (Lipinski definition) is 0. The number of hydrogen-bond acceptors (Lipinski definition) is 6. The summed E-state index contributed by atoms with van der Waals surface area (Å²) >= 11 is 6.45. The van der Waals surface area contributed by atoms with Gasteiger partial charge in [-0.25, -0.2) is 0 Å². The smallest absolute Gasteiger partial charge is 0.326 e. The van der Waals surface area contributed by atoms with Crippen LogP contribution < -0.4 is 4.74 Å². The summed E-state index contributed by atoms with van der Waals surface area (Å²) in [5, 5.41) is 0. The molecule has 0 radical (unpaired) electrons. The summed E-state index contributed by atoms with van der Waals surface area (Å²) < 4.78 is 11.3. The fraction of sp³-hybridized carbons (Fsp3) is 0.227. The molecule has 29 heavy (non-hydrogen) atoms. The molecule has 1 amide bonds. The van der Waals surface area contributed by atoms with Crippen molar-refractivity contribution in [3.05, 3.63) is 70.6 Å². The number of amides is 1. The van der Waals surface area contributed by atoms with Gasteiger partial charge in [0.05, 0.1) is 11.5 Å². The first kappa shape index (κ1) is 21.1. The van der Waals surface area contributed by atoms with Crippen LogP contribution in [0, 0.1) is 0 Å². The zero-order valence-corrected chi connectivity index (χ0v) is 17.6. The second-order valence-corrected chi connectivity index (χ2v) is 7.98. The number of thiocarbonyl (C=S) groups is 1. The predicted octanol–water partition coefficient (Wildman–Crippen LogP) is 4.42. The number of carbonyl (C=O) groups is 2. The van der Waals surface area contributed by atoms with Crippen LogP contribution in [0.1, 0.15) is 24.5 Å². The minimum Gasteiger partial charge on any atom is -0.488 e. The molecule has 5 nitrogen and oxygen atoms in total. The van der Waals surface area contributed by atoms with Gasteiger partial charge in [-0.1, -0.05) is 79.4 Å². The van der Waals surface area contributed by atoms with Gasteiger partial charge in [0.25, 0.3) is 5.91 Å². The molecule has 0 N–H and O–H groups in total. The molecule has 0 aromatic heterocycles. The van der Waals surface area contributed by atoms with E-state index in [2.05, 4.69) is 0 Å². The van der Waals surface area contributed by atoms with E-state index >= 15 is 0 Å². The Kier molecular flexibility index (Phi) is 7.43. The highest BCUT2D eigenvalue weighted by Gasteiger charge is 2.34. The molecule has 1 fully saturated rings. The molecule has 0 spiro atoms. The molecule has 0 atom stereocenters. The van der Waals surface area contributed by atoms with Gasteiger partial charge in [-0.15, -0.1) is 0 Å². The van der Waals surface area contributed by atoms with Crippen LogP contribution in [0.15, 0.2) is 59.5 Å². The number of esters is 1. The number of rotatable bonds is 8. The Bertz CT molecular complexity index is 927. The molecule has 1 aliphatic rings. The molecule has 1 aliphatic heterocycles. The lowest BCUT2D eigenvalue weighted by molar-refractivity contribution is -0.146. The first-order valence-corrected chi connectivity index (χ1v) is 10.5. The summed E-state index contributed by atoms with van der Waals surface area (Å²) in [7, 11) is 0. The average molecular weight is 428 g/mol. The van der Waals surface area contributed by atoms with Crippen molar-refractivity contribution in [2.75, 3.05) is 13.2 Å². The Morgan fingerprint density at radius 1 is 1.14 bits per heavy atom. The van der Waals surface area contributed by atoms with Gasteiger partial charge in [0.1, 0.15) is 23.2 Å². The van der Waals surface area contributed by atoms with Crippen LogP contribution in [0.4, 0.5) is 0 Å². The van der Waals surface area contributed by atoms with E-state index in [0.717, 1.165) is 17.5 Å². The normalized spacial score (nSPS) is 15.1. The largest absolute Gasteiger partial charge is 0.488 e. The first-order chi connectivity index (χ1) is 14.1. The van der Waals surface area contributed by atoms with Crippen molar-refractivity contribution in [1.82, 2.24) is 4.90 Å². The van der Waals surface area contributed by atoms with Crippen LogP contribution in [0.25, 0.3) is 6.08 Å². The molecule has 1 saturated heterocycles. The van der Waals surface area contributed by atoms with Crippen LogP contribution in [0.5, 0.6) is 5.75 Å². The Balaban J connectivity index is 1.72. The summed E-state index contributed by atoms with van der Waals surface area (Å²) in [5.74, 6) is -0.0914. The van der Waals surface area contributed by atoms with E-state index < -0.39 is 5.97 Å². The Hall–Kier alpha value is -2.64. The fourth-order valence-electron chi connectivity index (χ4n) is 2.63. The number of thioether (sulfide) groups is 1. The van der Waals surface area contributed by atoms with Crippen LogP contribution in [0.2, 0.25) is 0 Å². The van der Waals surface area contributed by atoms with Crippen molar-refractivity contribution in [2.45, 2.75) is 20.0 Å². The van der Waals surface area contributed by atoms with E-state index in [1.165, 1.54) is 16.7 Å². The van der Waals surface area contributed by atoms with Gasteiger partial charge in [-0.2, -0.15) is 0 Å². The lowest BCUT2D eigenvalue weighted by Gasteiger charge is -2.13. The maximum Gasteiger partial charge on any atom is 0.326 e. The molecule has 1 heterocycles. The summed E-state index contributed by atoms with van der Waals surface area (Å²) in [6.07, 6.45) is 2.47. The molecule has 0 bridgehead atoms. The number of nitrogens with zero attached hydrogens (tertiary/aromatic N) is 1. The zero-order chi connectivity index (χ0) is 20.6. The van der Waals surface area contributed by atoms with Crippen molar-refractivity contribution in [3.8, 4) is 5.75 Å². The molecule has 3 rings (SSSR count). The van der Waals surface area contributed by atoms with E-state index in [1.807, 2.05) is 61.5 Å². The van der Waals surface area contributed by atoms with Gasteiger partial charge in [0, 0.05) is 5.56 Å². The second kappa shape index (κ2) is 10.2. The fourth-order valence-corrected chi connectivity index (χ4v) is 3.88. The van der Waals surface area contributed by atoms with Crippen LogP contribution >= 0.6 is 24.0 Å². The molecule has 7 heteroatoms. The van der Waals surface area contributed by atoms with E-state index in [-0.39, 0.29) is 12.5 Å². The van der Waals surface area contributed by atoms with Gasteiger partial charge in [0.15, 0.2) is 0 Å². The van der Waals surface area contributed by atoms with Crippen molar-refractivity contribution in [3.63, 3.8) is 0 Å².